The number of alkyl halides is 6. The lowest BCUT2D eigenvalue weighted by Gasteiger charge is -2.11. The number of carbonyl (C=O) groups is 1. The number of hydrogen-bond donors (Lipinski definition) is 2. The van der Waals surface area contributed by atoms with Gasteiger partial charge in [-0.15, -0.1) is 12.4 Å². The third-order valence-electron chi connectivity index (χ3n) is 4.58. The fraction of sp³-hybridized carbons (Fsp3) is 0.143. The van der Waals surface area contributed by atoms with Crippen LogP contribution in [-0.4, -0.2) is 38.1 Å². The summed E-state index contributed by atoms with van der Waals surface area (Å²) in [4.78, 5) is 23.4. The van der Waals surface area contributed by atoms with Gasteiger partial charge in [-0.25, -0.2) is 19.7 Å². The van der Waals surface area contributed by atoms with E-state index in [-0.39, 0.29) is 23.9 Å². The van der Waals surface area contributed by atoms with E-state index in [9.17, 15) is 31.1 Å². The molecule has 0 aliphatic rings. The number of nitrogens with one attached hydrogen (secondary N) is 2. The van der Waals surface area contributed by atoms with E-state index in [4.69, 9.17) is 0 Å². The Kier molecular flexibility index (Phi) is 7.19. The Labute approximate surface area is 199 Å². The van der Waals surface area contributed by atoms with Gasteiger partial charge in [0.2, 0.25) is 0 Å². The van der Waals surface area contributed by atoms with Gasteiger partial charge in [-0.05, 0) is 30.3 Å². The zero-order chi connectivity index (χ0) is 24.5. The standard InChI is InChI=1S/C21H14F6N6O.ClH/c22-20(23,24)11-30-19(34)31-14-3-1-2-12(8-14)15-10-29-17-9-13(5-7-33(15)17)18-28-6-4-16(32-18)21(25,26)27;/h1-10H,11H2,(H2,30,31,34);1H. The van der Waals surface area contributed by atoms with Crippen LogP contribution >= 0.6 is 12.4 Å². The molecule has 3 aromatic heterocycles. The number of nitrogens with zero attached hydrogens (tertiary/aromatic N) is 4. The molecule has 14 heteroatoms. The van der Waals surface area contributed by atoms with Crippen molar-refractivity contribution in [3.05, 3.63) is 66.7 Å². The van der Waals surface area contributed by atoms with Crippen LogP contribution in [-0.2, 0) is 6.18 Å². The van der Waals surface area contributed by atoms with Crippen molar-refractivity contribution in [2.24, 2.45) is 0 Å². The minimum atomic E-state index is -4.61. The van der Waals surface area contributed by atoms with Gasteiger partial charge in [0.15, 0.2) is 5.82 Å². The topological polar surface area (TPSA) is 84.2 Å². The normalized spacial score (nSPS) is 11.7. The van der Waals surface area contributed by atoms with Crippen molar-refractivity contribution in [2.45, 2.75) is 12.4 Å². The zero-order valence-corrected chi connectivity index (χ0v) is 18.2. The number of benzene rings is 1. The quantitative estimate of drug-likeness (QED) is 0.347. The van der Waals surface area contributed by atoms with Gasteiger partial charge < -0.3 is 10.6 Å². The third kappa shape index (κ3) is 6.18. The molecule has 2 N–H and O–H groups in total. The average molecular weight is 517 g/mol. The molecule has 0 unspecified atom stereocenters. The van der Waals surface area contributed by atoms with Crippen LogP contribution in [0.15, 0.2) is 61.1 Å². The van der Waals surface area contributed by atoms with Gasteiger partial charge in [0, 0.05) is 29.2 Å². The molecule has 0 atom stereocenters. The van der Waals surface area contributed by atoms with Crippen molar-refractivity contribution in [3.63, 3.8) is 0 Å². The largest absolute Gasteiger partial charge is 0.433 e. The SMILES string of the molecule is Cl.O=C(NCC(F)(F)F)Nc1cccc(-c2cnc3cc(-c4nccc(C(F)(F)F)n4)ccn23)c1. The molecule has 2 amide bonds. The third-order valence-corrected chi connectivity index (χ3v) is 4.58. The maximum absolute atomic E-state index is 12.9. The highest BCUT2D eigenvalue weighted by Crippen LogP contribution is 2.29. The Morgan fingerprint density at radius 3 is 2.46 bits per heavy atom. The maximum Gasteiger partial charge on any atom is 0.433 e. The van der Waals surface area contributed by atoms with E-state index in [0.717, 1.165) is 12.3 Å². The van der Waals surface area contributed by atoms with Gasteiger partial charge in [-0.2, -0.15) is 26.3 Å². The Hall–Kier alpha value is -3.87. The smallest absolute Gasteiger partial charge is 0.329 e. The highest BCUT2D eigenvalue weighted by atomic mass is 35.5. The first-order valence-electron chi connectivity index (χ1n) is 9.59. The number of pyridine rings is 1. The Balaban J connectivity index is 0.00000342. The lowest BCUT2D eigenvalue weighted by Crippen LogP contribution is -2.36. The van der Waals surface area contributed by atoms with E-state index >= 15 is 0 Å². The van der Waals surface area contributed by atoms with Crippen LogP contribution in [0.3, 0.4) is 0 Å². The number of urea groups is 1. The first kappa shape index (κ1) is 25.7. The number of halogens is 7. The van der Waals surface area contributed by atoms with Crippen LogP contribution < -0.4 is 10.6 Å². The summed E-state index contributed by atoms with van der Waals surface area (Å²) in [6.07, 6.45) is -5.03. The van der Waals surface area contributed by atoms with E-state index < -0.39 is 30.6 Å². The summed E-state index contributed by atoms with van der Waals surface area (Å²) in [5, 5.41) is 4.04. The van der Waals surface area contributed by atoms with Gasteiger partial charge in [-0.3, -0.25) is 4.40 Å². The van der Waals surface area contributed by atoms with Gasteiger partial charge in [0.25, 0.3) is 0 Å². The number of amides is 2. The molecule has 7 nitrogen and oxygen atoms in total. The van der Waals surface area contributed by atoms with Crippen molar-refractivity contribution in [1.29, 1.82) is 0 Å². The molecule has 0 fully saturated rings. The molecule has 0 radical (unpaired) electrons. The molecule has 1 aromatic carbocycles. The minimum Gasteiger partial charge on any atom is -0.329 e. The summed E-state index contributed by atoms with van der Waals surface area (Å²) in [6, 6.07) is 9.15. The molecule has 3 heterocycles. The molecular weight excluding hydrogens is 502 g/mol. The second-order valence-corrected chi connectivity index (χ2v) is 7.05. The summed E-state index contributed by atoms with van der Waals surface area (Å²) in [5.74, 6) is -0.113. The van der Waals surface area contributed by atoms with Gasteiger partial charge >= 0.3 is 18.4 Å². The number of carbonyl (C=O) groups excluding carboxylic acids is 1. The van der Waals surface area contributed by atoms with Crippen molar-refractivity contribution in [2.75, 3.05) is 11.9 Å². The van der Waals surface area contributed by atoms with Gasteiger partial charge in [0.05, 0.1) is 11.9 Å². The van der Waals surface area contributed by atoms with Crippen molar-refractivity contribution in [1.82, 2.24) is 24.7 Å². The number of aromatic nitrogens is 4. The summed E-state index contributed by atoms with van der Waals surface area (Å²) in [5.41, 5.74) is 1.07. The number of anilines is 1. The first-order chi connectivity index (χ1) is 16.0. The Morgan fingerprint density at radius 1 is 0.971 bits per heavy atom. The zero-order valence-electron chi connectivity index (χ0n) is 17.4. The van der Waals surface area contributed by atoms with Crippen molar-refractivity contribution >= 4 is 29.8 Å². The number of rotatable bonds is 4. The maximum atomic E-state index is 12.9. The summed E-state index contributed by atoms with van der Waals surface area (Å²) >= 11 is 0. The van der Waals surface area contributed by atoms with E-state index in [0.29, 0.717) is 22.5 Å². The fourth-order valence-electron chi connectivity index (χ4n) is 3.10. The van der Waals surface area contributed by atoms with Gasteiger partial charge in [0.1, 0.15) is 17.9 Å². The van der Waals surface area contributed by atoms with Crippen molar-refractivity contribution in [3.8, 4) is 22.6 Å². The molecule has 0 saturated heterocycles. The van der Waals surface area contributed by atoms with Crippen molar-refractivity contribution < 1.29 is 31.1 Å². The molecule has 0 aliphatic carbocycles. The molecule has 0 aliphatic heterocycles. The Morgan fingerprint density at radius 2 is 1.74 bits per heavy atom. The molecule has 184 valence electrons. The predicted molar refractivity (Wildman–Crippen MR) is 117 cm³/mol. The minimum absolute atomic E-state index is 0. The molecule has 35 heavy (non-hydrogen) atoms. The number of hydrogen-bond acceptors (Lipinski definition) is 4. The monoisotopic (exact) mass is 516 g/mol. The van der Waals surface area contributed by atoms with Gasteiger partial charge in [-0.1, -0.05) is 12.1 Å². The molecular formula is C21H15ClF6N6O. The molecule has 0 saturated carbocycles. The van der Waals surface area contributed by atoms with Crippen LogP contribution in [0, 0.1) is 0 Å². The highest BCUT2D eigenvalue weighted by molar-refractivity contribution is 5.90. The fourth-order valence-corrected chi connectivity index (χ4v) is 3.10. The second-order valence-electron chi connectivity index (χ2n) is 7.05. The van der Waals surface area contributed by atoms with Crippen LogP contribution in [0.4, 0.5) is 36.8 Å². The summed E-state index contributed by atoms with van der Waals surface area (Å²) < 4.78 is 77.3. The predicted octanol–water partition coefficient (Wildman–Crippen LogP) is 5.58. The molecule has 0 spiro atoms. The van der Waals surface area contributed by atoms with Crippen LogP contribution in [0.1, 0.15) is 5.69 Å². The molecule has 0 bridgehead atoms. The van der Waals surface area contributed by atoms with E-state index in [1.807, 2.05) is 0 Å². The summed E-state index contributed by atoms with van der Waals surface area (Å²) in [6.45, 7) is -1.47. The lowest BCUT2D eigenvalue weighted by molar-refractivity contribution is -0.141. The highest BCUT2D eigenvalue weighted by Gasteiger charge is 2.33. The van der Waals surface area contributed by atoms with E-state index in [2.05, 4.69) is 20.3 Å². The Bertz CT molecular complexity index is 1350. The average Bonchev–Trinajstić information content (AvgIpc) is 3.20. The van der Waals surface area contributed by atoms with E-state index in [1.165, 1.54) is 24.4 Å². The second kappa shape index (κ2) is 9.78. The lowest BCUT2D eigenvalue weighted by atomic mass is 10.1. The van der Waals surface area contributed by atoms with Crippen LogP contribution in [0.2, 0.25) is 0 Å². The number of fused-ring (bicyclic) bond motifs is 1. The molecule has 4 aromatic rings. The molecule has 4 rings (SSSR count). The summed E-state index contributed by atoms with van der Waals surface area (Å²) in [7, 11) is 0. The van der Waals surface area contributed by atoms with E-state index in [1.54, 1.807) is 34.1 Å². The van der Waals surface area contributed by atoms with Crippen LogP contribution in [0.5, 0.6) is 0 Å². The number of imidazole rings is 1. The van der Waals surface area contributed by atoms with Crippen LogP contribution in [0.25, 0.3) is 28.3 Å². The first-order valence-corrected chi connectivity index (χ1v) is 9.59.